The van der Waals surface area contributed by atoms with Gasteiger partial charge < -0.3 is 4.98 Å². The van der Waals surface area contributed by atoms with Crippen LogP contribution in [0.3, 0.4) is 0 Å². The standard InChI is InChI=1S/C20H14ClN/c21-18-8-4-7-17-13-19(22-20(17)18)16-11-9-15(10-12-16)14-5-2-1-3-6-14/h1-13,22H. The number of aromatic nitrogens is 1. The molecule has 0 spiro atoms. The van der Waals surface area contributed by atoms with Gasteiger partial charge in [-0.15, -0.1) is 0 Å². The van der Waals surface area contributed by atoms with Gasteiger partial charge in [0.05, 0.1) is 10.5 Å². The fourth-order valence-electron chi connectivity index (χ4n) is 2.75. The number of halogens is 1. The number of hydrogen-bond donors (Lipinski definition) is 1. The average Bonchev–Trinajstić information content (AvgIpc) is 3.02. The normalized spacial score (nSPS) is 11.0. The maximum Gasteiger partial charge on any atom is 0.0648 e. The molecule has 0 saturated carbocycles. The van der Waals surface area contributed by atoms with Gasteiger partial charge in [0.25, 0.3) is 0 Å². The Hall–Kier alpha value is -2.51. The number of para-hydroxylation sites is 1. The first kappa shape index (κ1) is 13.2. The summed E-state index contributed by atoms with van der Waals surface area (Å²) in [4.78, 5) is 3.41. The Kier molecular flexibility index (Phi) is 3.21. The molecule has 22 heavy (non-hydrogen) atoms. The van der Waals surface area contributed by atoms with Crippen LogP contribution in [-0.2, 0) is 0 Å². The molecule has 1 N–H and O–H groups in total. The minimum atomic E-state index is 0.754. The highest BCUT2D eigenvalue weighted by molar-refractivity contribution is 6.35. The Balaban J connectivity index is 1.74. The fraction of sp³-hybridized carbons (Fsp3) is 0. The first-order chi connectivity index (χ1) is 10.8. The minimum Gasteiger partial charge on any atom is -0.353 e. The van der Waals surface area contributed by atoms with Gasteiger partial charge in [-0.1, -0.05) is 78.3 Å². The van der Waals surface area contributed by atoms with E-state index < -0.39 is 0 Å². The van der Waals surface area contributed by atoms with Crippen molar-refractivity contribution in [3.63, 3.8) is 0 Å². The van der Waals surface area contributed by atoms with Gasteiger partial charge >= 0.3 is 0 Å². The zero-order chi connectivity index (χ0) is 14.9. The van der Waals surface area contributed by atoms with Crippen LogP contribution >= 0.6 is 11.6 Å². The second-order valence-electron chi connectivity index (χ2n) is 5.33. The zero-order valence-electron chi connectivity index (χ0n) is 11.9. The van der Waals surface area contributed by atoms with Gasteiger partial charge in [0, 0.05) is 11.1 Å². The van der Waals surface area contributed by atoms with Crippen LogP contribution in [0, 0.1) is 0 Å². The van der Waals surface area contributed by atoms with Crippen LogP contribution in [-0.4, -0.2) is 4.98 Å². The van der Waals surface area contributed by atoms with Gasteiger partial charge in [-0.2, -0.15) is 0 Å². The molecule has 106 valence electrons. The molecule has 4 aromatic rings. The summed E-state index contributed by atoms with van der Waals surface area (Å²) in [6, 6.07) is 27.1. The minimum absolute atomic E-state index is 0.754. The molecule has 1 nitrogen and oxygen atoms in total. The topological polar surface area (TPSA) is 15.8 Å². The van der Waals surface area contributed by atoms with E-state index in [1.165, 1.54) is 11.1 Å². The van der Waals surface area contributed by atoms with Crippen molar-refractivity contribution < 1.29 is 0 Å². The lowest BCUT2D eigenvalue weighted by atomic mass is 10.0. The summed E-state index contributed by atoms with van der Waals surface area (Å²) < 4.78 is 0. The molecule has 0 fully saturated rings. The van der Waals surface area contributed by atoms with E-state index in [4.69, 9.17) is 11.6 Å². The van der Waals surface area contributed by atoms with Crippen molar-refractivity contribution in [2.45, 2.75) is 0 Å². The van der Waals surface area contributed by atoms with Crippen LogP contribution in [0.25, 0.3) is 33.3 Å². The molecule has 0 aliphatic carbocycles. The number of rotatable bonds is 2. The van der Waals surface area contributed by atoms with Crippen molar-refractivity contribution in [3.05, 3.63) is 83.9 Å². The fourth-order valence-corrected chi connectivity index (χ4v) is 2.98. The van der Waals surface area contributed by atoms with E-state index in [9.17, 15) is 0 Å². The monoisotopic (exact) mass is 303 g/mol. The summed E-state index contributed by atoms with van der Waals surface area (Å²) in [6.07, 6.45) is 0. The third-order valence-corrected chi connectivity index (χ3v) is 4.22. The third kappa shape index (κ3) is 2.30. The lowest BCUT2D eigenvalue weighted by Gasteiger charge is -2.03. The number of hydrogen-bond acceptors (Lipinski definition) is 0. The number of H-pyrrole nitrogens is 1. The van der Waals surface area contributed by atoms with E-state index in [2.05, 4.69) is 65.6 Å². The highest BCUT2D eigenvalue weighted by Gasteiger charge is 2.06. The molecule has 2 heteroatoms. The van der Waals surface area contributed by atoms with Crippen molar-refractivity contribution in [3.8, 4) is 22.4 Å². The highest BCUT2D eigenvalue weighted by Crippen LogP contribution is 2.29. The molecule has 4 rings (SSSR count). The number of nitrogens with one attached hydrogen (secondary N) is 1. The largest absolute Gasteiger partial charge is 0.353 e. The molecule has 0 aliphatic rings. The molecule has 0 atom stereocenters. The van der Waals surface area contributed by atoms with Crippen LogP contribution in [0.4, 0.5) is 0 Å². The molecular weight excluding hydrogens is 290 g/mol. The maximum atomic E-state index is 6.23. The van der Waals surface area contributed by atoms with Gasteiger partial charge in [0.1, 0.15) is 0 Å². The average molecular weight is 304 g/mol. The summed E-state index contributed by atoms with van der Waals surface area (Å²) in [5.41, 5.74) is 5.69. The van der Waals surface area contributed by atoms with E-state index in [1.54, 1.807) is 0 Å². The Morgan fingerprint density at radius 1 is 0.636 bits per heavy atom. The lowest BCUT2D eigenvalue weighted by molar-refractivity contribution is 1.45. The molecular formula is C20H14ClN. The summed E-state index contributed by atoms with van der Waals surface area (Å²) in [7, 11) is 0. The Labute approximate surface area is 134 Å². The summed E-state index contributed by atoms with van der Waals surface area (Å²) in [6.45, 7) is 0. The summed E-state index contributed by atoms with van der Waals surface area (Å²) >= 11 is 6.23. The van der Waals surface area contributed by atoms with Gasteiger partial charge in [-0.3, -0.25) is 0 Å². The van der Waals surface area contributed by atoms with Gasteiger partial charge in [-0.05, 0) is 28.8 Å². The van der Waals surface area contributed by atoms with Crippen LogP contribution in [0.1, 0.15) is 0 Å². The smallest absolute Gasteiger partial charge is 0.0648 e. The molecule has 3 aromatic carbocycles. The first-order valence-corrected chi connectivity index (χ1v) is 7.62. The van der Waals surface area contributed by atoms with Gasteiger partial charge in [-0.25, -0.2) is 0 Å². The predicted molar refractivity (Wildman–Crippen MR) is 94.2 cm³/mol. The molecule has 0 radical (unpaired) electrons. The molecule has 0 bridgehead atoms. The zero-order valence-corrected chi connectivity index (χ0v) is 12.6. The second kappa shape index (κ2) is 5.36. The van der Waals surface area contributed by atoms with E-state index in [0.717, 1.165) is 27.2 Å². The van der Waals surface area contributed by atoms with Crippen molar-refractivity contribution in [2.24, 2.45) is 0 Å². The highest BCUT2D eigenvalue weighted by atomic mass is 35.5. The third-order valence-electron chi connectivity index (χ3n) is 3.91. The van der Waals surface area contributed by atoms with E-state index in [0.29, 0.717) is 0 Å². The molecule has 0 aliphatic heterocycles. The second-order valence-corrected chi connectivity index (χ2v) is 5.74. The van der Waals surface area contributed by atoms with Crippen molar-refractivity contribution in [1.82, 2.24) is 4.98 Å². The Morgan fingerprint density at radius 2 is 1.32 bits per heavy atom. The summed E-state index contributed by atoms with van der Waals surface area (Å²) in [5, 5.41) is 1.89. The molecule has 0 saturated heterocycles. The van der Waals surface area contributed by atoms with Crippen LogP contribution in [0.2, 0.25) is 5.02 Å². The van der Waals surface area contributed by atoms with Crippen LogP contribution < -0.4 is 0 Å². The number of fused-ring (bicyclic) bond motifs is 1. The molecule has 1 heterocycles. The van der Waals surface area contributed by atoms with Crippen LogP contribution in [0.15, 0.2) is 78.9 Å². The van der Waals surface area contributed by atoms with Gasteiger partial charge in [0.15, 0.2) is 0 Å². The quantitative estimate of drug-likeness (QED) is 0.457. The van der Waals surface area contributed by atoms with E-state index >= 15 is 0 Å². The molecule has 0 unspecified atom stereocenters. The van der Waals surface area contributed by atoms with E-state index in [-0.39, 0.29) is 0 Å². The van der Waals surface area contributed by atoms with E-state index in [1.807, 2.05) is 18.2 Å². The van der Waals surface area contributed by atoms with Crippen molar-refractivity contribution >= 4 is 22.5 Å². The Morgan fingerprint density at radius 3 is 2.05 bits per heavy atom. The SMILES string of the molecule is Clc1cccc2cc(-c3ccc(-c4ccccc4)cc3)[nH]c12. The van der Waals surface area contributed by atoms with Crippen molar-refractivity contribution in [2.75, 3.05) is 0 Å². The number of benzene rings is 3. The van der Waals surface area contributed by atoms with Crippen molar-refractivity contribution in [1.29, 1.82) is 0 Å². The number of aromatic amines is 1. The van der Waals surface area contributed by atoms with Crippen LogP contribution in [0.5, 0.6) is 0 Å². The predicted octanol–water partition coefficient (Wildman–Crippen LogP) is 6.16. The van der Waals surface area contributed by atoms with Gasteiger partial charge in [0.2, 0.25) is 0 Å². The molecule has 0 amide bonds. The maximum absolute atomic E-state index is 6.23. The Bertz CT molecular complexity index is 921. The molecule has 1 aromatic heterocycles. The summed E-state index contributed by atoms with van der Waals surface area (Å²) in [5.74, 6) is 0. The lowest BCUT2D eigenvalue weighted by Crippen LogP contribution is -1.80. The first-order valence-electron chi connectivity index (χ1n) is 7.24.